The van der Waals surface area contributed by atoms with Crippen molar-refractivity contribution in [1.29, 1.82) is 0 Å². The van der Waals surface area contributed by atoms with E-state index in [0.29, 0.717) is 19.5 Å². The minimum atomic E-state index is -3.45. The van der Waals surface area contributed by atoms with Gasteiger partial charge in [-0.05, 0) is 12.5 Å². The van der Waals surface area contributed by atoms with Crippen LogP contribution in [0.15, 0.2) is 18.5 Å². The summed E-state index contributed by atoms with van der Waals surface area (Å²) in [4.78, 5) is 0. The maximum Gasteiger partial charge on any atom is 0.279 e. The van der Waals surface area contributed by atoms with Crippen LogP contribution < -0.4 is 4.72 Å². The Labute approximate surface area is 101 Å². The lowest BCUT2D eigenvalue weighted by atomic mass is 10.5. The molecular formula is C9H18N4O3S. The third kappa shape index (κ3) is 4.82. The van der Waals surface area contributed by atoms with E-state index < -0.39 is 10.2 Å². The molecule has 0 radical (unpaired) electrons. The Bertz CT molecular complexity index is 404. The second-order valence-corrected chi connectivity index (χ2v) is 5.43. The number of nitrogens with one attached hydrogen (secondary N) is 1. The van der Waals surface area contributed by atoms with E-state index in [1.165, 1.54) is 11.4 Å². The fourth-order valence-corrected chi connectivity index (χ4v) is 2.18. The van der Waals surface area contributed by atoms with Gasteiger partial charge < -0.3 is 5.11 Å². The predicted octanol–water partition coefficient (Wildman–Crippen LogP) is -0.968. The van der Waals surface area contributed by atoms with Crippen LogP contribution >= 0.6 is 0 Å². The summed E-state index contributed by atoms with van der Waals surface area (Å²) in [5.74, 6) is 0. The van der Waals surface area contributed by atoms with Crippen molar-refractivity contribution >= 4 is 10.2 Å². The quantitative estimate of drug-likeness (QED) is 0.631. The predicted molar refractivity (Wildman–Crippen MR) is 63.5 cm³/mol. The monoisotopic (exact) mass is 262 g/mol. The number of rotatable bonds is 8. The fraction of sp³-hybridized carbons (Fsp3) is 0.667. The summed E-state index contributed by atoms with van der Waals surface area (Å²) < 4.78 is 28.6. The number of aromatic nitrogens is 2. The first-order valence-electron chi connectivity index (χ1n) is 5.35. The number of hydrogen-bond donors (Lipinski definition) is 2. The lowest BCUT2D eigenvalue weighted by molar-refractivity contribution is 0.275. The molecule has 0 spiro atoms. The normalized spacial score (nSPS) is 12.2. The molecule has 7 nitrogen and oxygen atoms in total. The van der Waals surface area contributed by atoms with Gasteiger partial charge in [0.05, 0.1) is 6.54 Å². The van der Waals surface area contributed by atoms with Crippen molar-refractivity contribution in [3.8, 4) is 0 Å². The highest BCUT2D eigenvalue weighted by molar-refractivity contribution is 7.87. The van der Waals surface area contributed by atoms with Gasteiger partial charge in [-0.15, -0.1) is 0 Å². The molecular weight excluding hydrogens is 244 g/mol. The van der Waals surface area contributed by atoms with E-state index in [2.05, 4.69) is 9.82 Å². The average molecular weight is 262 g/mol. The zero-order chi connectivity index (χ0) is 12.7. The highest BCUT2D eigenvalue weighted by atomic mass is 32.2. The molecule has 0 saturated heterocycles. The molecule has 0 atom stereocenters. The molecule has 0 fully saturated rings. The van der Waals surface area contributed by atoms with Gasteiger partial charge in [0.2, 0.25) is 0 Å². The summed E-state index contributed by atoms with van der Waals surface area (Å²) in [5, 5.41) is 12.6. The van der Waals surface area contributed by atoms with Crippen molar-refractivity contribution in [3.63, 3.8) is 0 Å². The molecule has 1 aromatic rings. The van der Waals surface area contributed by atoms with E-state index in [4.69, 9.17) is 5.11 Å². The molecule has 0 amide bonds. The Hall–Kier alpha value is -0.960. The summed E-state index contributed by atoms with van der Waals surface area (Å²) >= 11 is 0. The minimum Gasteiger partial charge on any atom is -0.396 e. The van der Waals surface area contributed by atoms with Crippen LogP contribution in [0.1, 0.15) is 6.42 Å². The van der Waals surface area contributed by atoms with Gasteiger partial charge in [-0.3, -0.25) is 4.68 Å². The van der Waals surface area contributed by atoms with Crippen LogP contribution in [0.25, 0.3) is 0 Å². The third-order valence-electron chi connectivity index (χ3n) is 2.23. The minimum absolute atomic E-state index is 0.0207. The number of aliphatic hydroxyl groups is 1. The topological polar surface area (TPSA) is 87.5 Å². The molecule has 1 rings (SSSR count). The van der Waals surface area contributed by atoms with Gasteiger partial charge in [-0.25, -0.2) is 4.72 Å². The molecule has 0 aliphatic carbocycles. The Balaban J connectivity index is 2.33. The summed E-state index contributed by atoms with van der Waals surface area (Å²) in [6.07, 6.45) is 3.84. The van der Waals surface area contributed by atoms with Gasteiger partial charge in [0, 0.05) is 39.1 Å². The maximum absolute atomic E-state index is 11.7. The Morgan fingerprint density at radius 1 is 1.53 bits per heavy atom. The molecule has 1 aromatic heterocycles. The highest BCUT2D eigenvalue weighted by Gasteiger charge is 2.15. The van der Waals surface area contributed by atoms with Gasteiger partial charge in [-0.1, -0.05) is 0 Å². The number of nitrogens with zero attached hydrogens (tertiary/aromatic N) is 3. The van der Waals surface area contributed by atoms with E-state index in [1.54, 1.807) is 23.1 Å². The highest BCUT2D eigenvalue weighted by Crippen LogP contribution is 1.95. The summed E-state index contributed by atoms with van der Waals surface area (Å²) in [6, 6.07) is 1.78. The molecule has 8 heteroatoms. The lowest BCUT2D eigenvalue weighted by Gasteiger charge is -2.17. The molecule has 1 heterocycles. The Morgan fingerprint density at radius 3 is 2.88 bits per heavy atom. The Kier molecular flexibility index (Phi) is 5.56. The summed E-state index contributed by atoms with van der Waals surface area (Å²) in [5.41, 5.74) is 0. The van der Waals surface area contributed by atoms with Crippen molar-refractivity contribution in [2.75, 3.05) is 26.7 Å². The van der Waals surface area contributed by atoms with Crippen molar-refractivity contribution in [1.82, 2.24) is 18.8 Å². The van der Waals surface area contributed by atoms with Crippen LogP contribution in [0.2, 0.25) is 0 Å². The largest absolute Gasteiger partial charge is 0.396 e. The first kappa shape index (κ1) is 14.1. The molecule has 17 heavy (non-hydrogen) atoms. The molecule has 0 unspecified atom stereocenters. The van der Waals surface area contributed by atoms with Crippen LogP contribution in [-0.4, -0.2) is 54.4 Å². The second-order valence-electron chi connectivity index (χ2n) is 3.57. The van der Waals surface area contributed by atoms with Crippen molar-refractivity contribution in [2.45, 2.75) is 13.0 Å². The van der Waals surface area contributed by atoms with Gasteiger partial charge >= 0.3 is 0 Å². The van der Waals surface area contributed by atoms with Crippen LogP contribution in [0.4, 0.5) is 0 Å². The van der Waals surface area contributed by atoms with Crippen LogP contribution in [-0.2, 0) is 16.8 Å². The zero-order valence-corrected chi connectivity index (χ0v) is 10.6. The summed E-state index contributed by atoms with van der Waals surface area (Å²) in [7, 11) is -1.98. The molecule has 0 bridgehead atoms. The van der Waals surface area contributed by atoms with Gasteiger partial charge in [0.25, 0.3) is 10.2 Å². The smallest absolute Gasteiger partial charge is 0.279 e. The van der Waals surface area contributed by atoms with Gasteiger partial charge in [-0.2, -0.15) is 17.8 Å². The maximum atomic E-state index is 11.7. The first-order chi connectivity index (χ1) is 8.06. The van der Waals surface area contributed by atoms with Crippen LogP contribution in [0, 0.1) is 0 Å². The van der Waals surface area contributed by atoms with Gasteiger partial charge in [0.1, 0.15) is 0 Å². The van der Waals surface area contributed by atoms with E-state index in [9.17, 15) is 8.42 Å². The average Bonchev–Trinajstić information content (AvgIpc) is 2.78. The molecule has 0 saturated carbocycles. The fourth-order valence-electron chi connectivity index (χ4n) is 1.25. The SMILES string of the molecule is CN(CCCO)S(=O)(=O)NCCn1cccn1. The van der Waals surface area contributed by atoms with E-state index in [1.807, 2.05) is 0 Å². The van der Waals surface area contributed by atoms with E-state index in [0.717, 1.165) is 0 Å². The standard InChI is InChI=1S/C9H18N4O3S/c1-12(6-3-9-14)17(15,16)11-5-8-13-7-2-4-10-13/h2,4,7,11,14H,3,5-6,8-9H2,1H3. The third-order valence-corrected chi connectivity index (χ3v) is 3.80. The molecule has 0 aromatic carbocycles. The first-order valence-corrected chi connectivity index (χ1v) is 6.79. The van der Waals surface area contributed by atoms with E-state index in [-0.39, 0.29) is 13.2 Å². The van der Waals surface area contributed by atoms with Crippen LogP contribution in [0.5, 0.6) is 0 Å². The summed E-state index contributed by atoms with van der Waals surface area (Å²) in [6.45, 7) is 1.05. The van der Waals surface area contributed by atoms with Gasteiger partial charge in [0.15, 0.2) is 0 Å². The molecule has 0 aliphatic heterocycles. The number of aliphatic hydroxyl groups excluding tert-OH is 1. The van der Waals surface area contributed by atoms with Crippen molar-refractivity contribution in [2.24, 2.45) is 0 Å². The number of hydrogen-bond acceptors (Lipinski definition) is 4. The van der Waals surface area contributed by atoms with Crippen molar-refractivity contribution in [3.05, 3.63) is 18.5 Å². The van der Waals surface area contributed by atoms with Crippen LogP contribution in [0.3, 0.4) is 0 Å². The molecule has 0 aliphatic rings. The zero-order valence-electron chi connectivity index (χ0n) is 9.78. The molecule has 98 valence electrons. The molecule has 2 N–H and O–H groups in total. The Morgan fingerprint density at radius 2 is 2.29 bits per heavy atom. The van der Waals surface area contributed by atoms with E-state index >= 15 is 0 Å². The second kappa shape index (κ2) is 6.70. The lowest BCUT2D eigenvalue weighted by Crippen LogP contribution is -2.40. The van der Waals surface area contributed by atoms with Crippen molar-refractivity contribution < 1.29 is 13.5 Å².